The topological polar surface area (TPSA) is 38.0 Å². The number of rotatable bonds is 3. The summed E-state index contributed by atoms with van der Waals surface area (Å²) < 4.78 is 2.06. The van der Waals surface area contributed by atoms with Crippen LogP contribution in [0.3, 0.4) is 0 Å². The van der Waals surface area contributed by atoms with E-state index >= 15 is 0 Å². The fraction of sp³-hybridized carbons (Fsp3) is 0.526. The van der Waals surface area contributed by atoms with Crippen molar-refractivity contribution < 1.29 is 5.11 Å². The first-order valence-corrected chi connectivity index (χ1v) is 8.24. The van der Waals surface area contributed by atoms with Crippen LogP contribution in [0.4, 0.5) is 0 Å². The summed E-state index contributed by atoms with van der Waals surface area (Å²) in [6.07, 6.45) is 4.04. The summed E-state index contributed by atoms with van der Waals surface area (Å²) in [7, 11) is 0. The summed E-state index contributed by atoms with van der Waals surface area (Å²) in [5, 5.41) is 15.2. The molecule has 1 heterocycles. The van der Waals surface area contributed by atoms with Crippen LogP contribution in [-0.4, -0.2) is 14.9 Å². The predicted octanol–water partition coefficient (Wildman–Crippen LogP) is 3.79. The van der Waals surface area contributed by atoms with E-state index in [2.05, 4.69) is 30.6 Å². The van der Waals surface area contributed by atoms with E-state index in [1.54, 1.807) is 0 Å². The molecule has 1 saturated carbocycles. The number of fused-ring (bicyclic) bond motifs is 5. The molecule has 2 bridgehead atoms. The van der Waals surface area contributed by atoms with Gasteiger partial charge in [0.2, 0.25) is 0 Å². The Bertz CT molecular complexity index is 703. The van der Waals surface area contributed by atoms with Gasteiger partial charge in [0.05, 0.1) is 18.8 Å². The number of nitrogens with zero attached hydrogens (tertiary/aromatic N) is 2. The van der Waals surface area contributed by atoms with Crippen LogP contribution >= 0.6 is 0 Å². The fourth-order valence-electron chi connectivity index (χ4n) is 4.81. The van der Waals surface area contributed by atoms with E-state index in [1.807, 2.05) is 36.5 Å². The van der Waals surface area contributed by atoms with Gasteiger partial charge in [-0.2, -0.15) is 5.10 Å². The average Bonchev–Trinajstić information content (AvgIpc) is 3.06. The standard InChI is InChI=1S/C19H24N2O/c1-18(2)15-9-10-19(18,3)17-14(15)11-20-21(17)12-16(22)13-7-5-4-6-8-13/h4-8,11,15-16,22H,9-10,12H2,1-3H3/t15-,16+,19+/m1/s1. The molecule has 3 atom stereocenters. The van der Waals surface area contributed by atoms with Crippen LogP contribution in [0.25, 0.3) is 0 Å². The zero-order chi connectivity index (χ0) is 15.5. The Morgan fingerprint density at radius 1 is 1.27 bits per heavy atom. The van der Waals surface area contributed by atoms with Crippen LogP contribution < -0.4 is 0 Å². The molecule has 1 aromatic heterocycles. The highest BCUT2D eigenvalue weighted by atomic mass is 16.3. The first-order valence-electron chi connectivity index (χ1n) is 8.24. The number of aliphatic hydroxyl groups excluding tert-OH is 1. The van der Waals surface area contributed by atoms with Crippen LogP contribution in [0, 0.1) is 5.41 Å². The van der Waals surface area contributed by atoms with Crippen molar-refractivity contribution in [3.05, 3.63) is 53.3 Å². The number of aromatic nitrogens is 2. The lowest BCUT2D eigenvalue weighted by Gasteiger charge is -2.36. The van der Waals surface area contributed by atoms with Crippen molar-refractivity contribution in [1.29, 1.82) is 0 Å². The maximum Gasteiger partial charge on any atom is 0.0986 e. The number of hydrogen-bond donors (Lipinski definition) is 1. The van der Waals surface area contributed by atoms with Crippen LogP contribution in [0.5, 0.6) is 0 Å². The number of hydrogen-bond acceptors (Lipinski definition) is 2. The Hall–Kier alpha value is -1.61. The third-order valence-electron chi connectivity index (χ3n) is 6.52. The van der Waals surface area contributed by atoms with E-state index < -0.39 is 6.10 Å². The lowest BCUT2D eigenvalue weighted by Crippen LogP contribution is -2.34. The summed E-state index contributed by atoms with van der Waals surface area (Å²) in [6.45, 7) is 7.70. The summed E-state index contributed by atoms with van der Waals surface area (Å²) in [4.78, 5) is 0. The zero-order valence-corrected chi connectivity index (χ0v) is 13.6. The summed E-state index contributed by atoms with van der Waals surface area (Å²) in [5.41, 5.74) is 4.21. The van der Waals surface area contributed by atoms with Gasteiger partial charge >= 0.3 is 0 Å². The molecule has 0 saturated heterocycles. The van der Waals surface area contributed by atoms with Gasteiger partial charge in [0.25, 0.3) is 0 Å². The van der Waals surface area contributed by atoms with Crippen LogP contribution in [0.1, 0.15) is 62.5 Å². The molecule has 0 spiro atoms. The quantitative estimate of drug-likeness (QED) is 0.935. The minimum atomic E-state index is -0.504. The largest absolute Gasteiger partial charge is 0.386 e. The van der Waals surface area contributed by atoms with Gasteiger partial charge in [-0.3, -0.25) is 4.68 Å². The van der Waals surface area contributed by atoms with Crippen molar-refractivity contribution in [3.8, 4) is 0 Å². The van der Waals surface area contributed by atoms with Crippen LogP contribution in [-0.2, 0) is 12.0 Å². The van der Waals surface area contributed by atoms with Gasteiger partial charge in [-0.15, -0.1) is 0 Å². The third kappa shape index (κ3) is 1.63. The SMILES string of the molecule is CC1(C)[C@@H]2CC[C@@]1(C)c1c2cnn1C[C@H](O)c1ccccc1. The van der Waals surface area contributed by atoms with Crippen molar-refractivity contribution in [2.75, 3.05) is 0 Å². The molecule has 2 aliphatic carbocycles. The van der Waals surface area contributed by atoms with Crippen molar-refractivity contribution in [3.63, 3.8) is 0 Å². The molecule has 22 heavy (non-hydrogen) atoms. The molecular weight excluding hydrogens is 272 g/mol. The number of aliphatic hydroxyl groups is 1. The van der Waals surface area contributed by atoms with Crippen molar-refractivity contribution in [1.82, 2.24) is 9.78 Å². The lowest BCUT2D eigenvalue weighted by atomic mass is 9.70. The van der Waals surface area contributed by atoms with Gasteiger partial charge in [0.1, 0.15) is 0 Å². The van der Waals surface area contributed by atoms with E-state index in [0.29, 0.717) is 17.9 Å². The summed E-state index contributed by atoms with van der Waals surface area (Å²) >= 11 is 0. The second-order valence-electron chi connectivity index (χ2n) is 7.70. The molecule has 3 heteroatoms. The maximum absolute atomic E-state index is 10.5. The molecule has 116 valence electrons. The Balaban J connectivity index is 1.69. The molecule has 2 aliphatic rings. The van der Waals surface area contributed by atoms with E-state index in [-0.39, 0.29) is 5.41 Å². The normalized spacial score (nSPS) is 29.5. The van der Waals surface area contributed by atoms with E-state index in [1.165, 1.54) is 24.1 Å². The fourth-order valence-corrected chi connectivity index (χ4v) is 4.81. The van der Waals surface area contributed by atoms with E-state index in [9.17, 15) is 5.11 Å². The monoisotopic (exact) mass is 296 g/mol. The molecule has 1 aromatic carbocycles. The molecule has 0 radical (unpaired) electrons. The summed E-state index contributed by atoms with van der Waals surface area (Å²) in [6, 6.07) is 9.87. The van der Waals surface area contributed by atoms with E-state index in [4.69, 9.17) is 0 Å². The third-order valence-corrected chi connectivity index (χ3v) is 6.52. The highest BCUT2D eigenvalue weighted by molar-refractivity contribution is 5.44. The Labute approximate surface area is 132 Å². The minimum absolute atomic E-state index is 0.180. The molecule has 2 aromatic rings. The molecule has 3 nitrogen and oxygen atoms in total. The zero-order valence-electron chi connectivity index (χ0n) is 13.6. The first kappa shape index (κ1) is 14.0. The molecule has 4 rings (SSSR count). The van der Waals surface area contributed by atoms with Crippen molar-refractivity contribution >= 4 is 0 Å². The van der Waals surface area contributed by atoms with Gasteiger partial charge in [-0.1, -0.05) is 51.1 Å². The lowest BCUT2D eigenvalue weighted by molar-refractivity contribution is 0.143. The van der Waals surface area contributed by atoms with Crippen LogP contribution in [0.15, 0.2) is 36.5 Å². The van der Waals surface area contributed by atoms with Gasteiger partial charge < -0.3 is 5.11 Å². The van der Waals surface area contributed by atoms with Gasteiger partial charge in [-0.05, 0) is 35.3 Å². The Morgan fingerprint density at radius 3 is 2.73 bits per heavy atom. The Kier molecular flexibility index (Phi) is 2.83. The van der Waals surface area contributed by atoms with Crippen molar-refractivity contribution in [2.24, 2.45) is 5.41 Å². The average molecular weight is 296 g/mol. The molecule has 0 unspecified atom stereocenters. The van der Waals surface area contributed by atoms with Gasteiger partial charge in [-0.25, -0.2) is 0 Å². The molecular formula is C19H24N2O. The predicted molar refractivity (Wildman–Crippen MR) is 86.7 cm³/mol. The van der Waals surface area contributed by atoms with Crippen molar-refractivity contribution in [2.45, 2.75) is 57.6 Å². The molecule has 1 fully saturated rings. The highest BCUT2D eigenvalue weighted by Gasteiger charge is 2.61. The van der Waals surface area contributed by atoms with Crippen LogP contribution in [0.2, 0.25) is 0 Å². The Morgan fingerprint density at radius 2 is 2.00 bits per heavy atom. The summed E-state index contributed by atoms with van der Waals surface area (Å²) in [5.74, 6) is 0.620. The smallest absolute Gasteiger partial charge is 0.0986 e. The molecule has 0 amide bonds. The first-order chi connectivity index (χ1) is 10.4. The number of benzene rings is 1. The van der Waals surface area contributed by atoms with Gasteiger partial charge in [0.15, 0.2) is 0 Å². The minimum Gasteiger partial charge on any atom is -0.386 e. The second-order valence-corrected chi connectivity index (χ2v) is 7.70. The second kappa shape index (κ2) is 4.45. The van der Waals surface area contributed by atoms with Gasteiger partial charge in [0, 0.05) is 11.1 Å². The maximum atomic E-state index is 10.5. The molecule has 0 aliphatic heterocycles. The molecule has 1 N–H and O–H groups in total. The highest BCUT2D eigenvalue weighted by Crippen LogP contribution is 2.67. The van der Waals surface area contributed by atoms with E-state index in [0.717, 1.165) is 5.56 Å².